The van der Waals surface area contributed by atoms with Gasteiger partial charge in [-0.15, -0.1) is 0 Å². The lowest BCUT2D eigenvalue weighted by atomic mass is 10.2. The topological polar surface area (TPSA) is 46.2 Å². The minimum absolute atomic E-state index is 0.0291. The highest BCUT2D eigenvalue weighted by molar-refractivity contribution is 7.85. The molecule has 0 saturated carbocycles. The zero-order valence-corrected chi connectivity index (χ0v) is 9.06. The molecule has 1 rings (SSSR count). The van der Waals surface area contributed by atoms with Gasteiger partial charge in [0, 0.05) is 11.9 Å². The maximum absolute atomic E-state index is 11.7. The molecule has 0 aliphatic rings. The number of carbonyl (C=O) groups excluding carboxylic acids is 1. The third kappa shape index (κ3) is 2.67. The molecule has 0 spiro atoms. The smallest absolute Gasteiger partial charge is 0.232 e. The Kier molecular flexibility index (Phi) is 3.83. The summed E-state index contributed by atoms with van der Waals surface area (Å²) in [5, 5.41) is 2.45. The van der Waals surface area contributed by atoms with E-state index < -0.39 is 10.8 Å². The van der Waals surface area contributed by atoms with E-state index >= 15 is 0 Å². The van der Waals surface area contributed by atoms with Gasteiger partial charge in [0.2, 0.25) is 5.91 Å². The summed E-state index contributed by atoms with van der Waals surface area (Å²) < 4.78 is 11.7. The van der Waals surface area contributed by atoms with Crippen molar-refractivity contribution in [1.82, 2.24) is 5.32 Å². The highest BCUT2D eigenvalue weighted by atomic mass is 32.2. The van der Waals surface area contributed by atoms with Crippen LogP contribution in [-0.4, -0.2) is 22.9 Å². The lowest BCUT2D eigenvalue weighted by molar-refractivity contribution is -0.118. The number of aryl methyl sites for hydroxylation is 1. The van der Waals surface area contributed by atoms with Crippen molar-refractivity contribution < 1.29 is 9.00 Å². The maximum Gasteiger partial charge on any atom is 0.232 e. The van der Waals surface area contributed by atoms with E-state index in [1.165, 1.54) is 7.05 Å². The molecule has 1 atom stereocenters. The van der Waals surface area contributed by atoms with Crippen LogP contribution in [0.4, 0.5) is 0 Å². The molecule has 0 aliphatic carbocycles. The Morgan fingerprint density at radius 2 is 2.07 bits per heavy atom. The minimum atomic E-state index is -1.24. The van der Waals surface area contributed by atoms with Crippen molar-refractivity contribution >= 4 is 16.7 Å². The van der Waals surface area contributed by atoms with Crippen molar-refractivity contribution in [3.8, 4) is 0 Å². The molecule has 0 aromatic heterocycles. The van der Waals surface area contributed by atoms with Gasteiger partial charge in [0.25, 0.3) is 0 Å². The molecule has 0 aliphatic heterocycles. The zero-order valence-electron chi connectivity index (χ0n) is 8.24. The van der Waals surface area contributed by atoms with E-state index in [2.05, 4.69) is 5.32 Å². The molecule has 1 aromatic rings. The first-order valence-corrected chi connectivity index (χ1v) is 5.61. The van der Waals surface area contributed by atoms with E-state index in [-0.39, 0.29) is 11.7 Å². The lowest BCUT2D eigenvalue weighted by Crippen LogP contribution is -2.24. The molecule has 0 saturated heterocycles. The van der Waals surface area contributed by atoms with E-state index in [4.69, 9.17) is 0 Å². The number of carbonyl (C=O) groups is 1. The summed E-state index contributed by atoms with van der Waals surface area (Å²) in [6.07, 6.45) is 0. The summed E-state index contributed by atoms with van der Waals surface area (Å²) in [6.45, 7) is 1.89. The van der Waals surface area contributed by atoms with Crippen LogP contribution in [0.1, 0.15) is 5.56 Å². The quantitative estimate of drug-likeness (QED) is 0.805. The molecule has 1 unspecified atom stereocenters. The van der Waals surface area contributed by atoms with Crippen LogP contribution in [0.15, 0.2) is 29.2 Å². The summed E-state index contributed by atoms with van der Waals surface area (Å²) in [7, 11) is 0.302. The number of rotatable bonds is 3. The molecule has 0 fully saturated rings. The molecule has 3 nitrogen and oxygen atoms in total. The second-order valence-corrected chi connectivity index (χ2v) is 4.35. The van der Waals surface area contributed by atoms with Crippen LogP contribution in [0.2, 0.25) is 0 Å². The molecule has 14 heavy (non-hydrogen) atoms. The number of amides is 1. The molecule has 1 aromatic carbocycles. The first-order chi connectivity index (χ1) is 6.65. The fourth-order valence-corrected chi connectivity index (χ4v) is 2.28. The van der Waals surface area contributed by atoms with Gasteiger partial charge < -0.3 is 5.32 Å². The van der Waals surface area contributed by atoms with Gasteiger partial charge in [0.1, 0.15) is 5.75 Å². The van der Waals surface area contributed by atoms with Crippen molar-refractivity contribution in [3.05, 3.63) is 29.8 Å². The van der Waals surface area contributed by atoms with Gasteiger partial charge in [-0.25, -0.2) is 0 Å². The van der Waals surface area contributed by atoms with Crippen LogP contribution in [-0.2, 0) is 15.6 Å². The molecule has 0 heterocycles. The molecule has 0 radical (unpaired) electrons. The summed E-state index contributed by atoms with van der Waals surface area (Å²) in [4.78, 5) is 11.7. The zero-order chi connectivity index (χ0) is 10.6. The second-order valence-electron chi connectivity index (χ2n) is 2.93. The number of benzene rings is 1. The van der Waals surface area contributed by atoms with Crippen LogP contribution in [0.3, 0.4) is 0 Å². The highest BCUT2D eigenvalue weighted by Crippen LogP contribution is 2.11. The van der Waals surface area contributed by atoms with Crippen molar-refractivity contribution in [2.24, 2.45) is 0 Å². The van der Waals surface area contributed by atoms with Gasteiger partial charge in [-0.05, 0) is 18.6 Å². The summed E-state index contributed by atoms with van der Waals surface area (Å²) in [6, 6.07) is 7.38. The van der Waals surface area contributed by atoms with E-state index in [0.717, 1.165) is 10.5 Å². The predicted octanol–water partition coefficient (Wildman–Crippen LogP) is 0.849. The van der Waals surface area contributed by atoms with Gasteiger partial charge in [-0.2, -0.15) is 0 Å². The molecular formula is C10H13NO2S. The first kappa shape index (κ1) is 10.9. The van der Waals surface area contributed by atoms with Gasteiger partial charge in [-0.3, -0.25) is 9.00 Å². The van der Waals surface area contributed by atoms with Gasteiger partial charge >= 0.3 is 0 Å². The lowest BCUT2D eigenvalue weighted by Gasteiger charge is -2.04. The molecule has 76 valence electrons. The Balaban J connectivity index is 2.80. The maximum atomic E-state index is 11.7. The minimum Gasteiger partial charge on any atom is -0.358 e. The molecular weight excluding hydrogens is 198 g/mol. The van der Waals surface area contributed by atoms with E-state index in [1.807, 2.05) is 25.1 Å². The SMILES string of the molecule is CNC(=O)CS(=O)c1ccccc1C. The third-order valence-electron chi connectivity index (χ3n) is 1.88. The van der Waals surface area contributed by atoms with Gasteiger partial charge in [0.15, 0.2) is 0 Å². The van der Waals surface area contributed by atoms with Gasteiger partial charge in [-0.1, -0.05) is 18.2 Å². The molecule has 1 amide bonds. The number of hydrogen-bond acceptors (Lipinski definition) is 2. The fraction of sp³-hybridized carbons (Fsp3) is 0.300. The summed E-state index contributed by atoms with van der Waals surface area (Å²) >= 11 is 0. The summed E-state index contributed by atoms with van der Waals surface area (Å²) in [5.74, 6) is -0.173. The largest absolute Gasteiger partial charge is 0.358 e. The van der Waals surface area contributed by atoms with Gasteiger partial charge in [0.05, 0.1) is 10.8 Å². The Morgan fingerprint density at radius 3 is 2.64 bits per heavy atom. The first-order valence-electron chi connectivity index (χ1n) is 4.29. The van der Waals surface area contributed by atoms with Crippen molar-refractivity contribution in [1.29, 1.82) is 0 Å². The monoisotopic (exact) mass is 211 g/mol. The normalized spacial score (nSPS) is 12.1. The fourth-order valence-electron chi connectivity index (χ4n) is 1.08. The predicted molar refractivity (Wildman–Crippen MR) is 56.5 cm³/mol. The molecule has 4 heteroatoms. The van der Waals surface area contributed by atoms with Crippen LogP contribution in [0, 0.1) is 6.92 Å². The highest BCUT2D eigenvalue weighted by Gasteiger charge is 2.10. The van der Waals surface area contributed by atoms with Crippen LogP contribution in [0.5, 0.6) is 0 Å². The third-order valence-corrected chi connectivity index (χ3v) is 3.35. The number of hydrogen-bond donors (Lipinski definition) is 1. The second kappa shape index (κ2) is 4.91. The Morgan fingerprint density at radius 1 is 1.43 bits per heavy atom. The van der Waals surface area contributed by atoms with Crippen LogP contribution >= 0.6 is 0 Å². The average Bonchev–Trinajstić information content (AvgIpc) is 2.18. The molecule has 0 bridgehead atoms. The summed E-state index contributed by atoms with van der Waals surface area (Å²) in [5.41, 5.74) is 0.953. The van der Waals surface area contributed by atoms with E-state index in [0.29, 0.717) is 0 Å². The Labute approximate surface area is 86.0 Å². The van der Waals surface area contributed by atoms with E-state index in [1.54, 1.807) is 6.07 Å². The van der Waals surface area contributed by atoms with Crippen molar-refractivity contribution in [2.75, 3.05) is 12.8 Å². The Bertz CT molecular complexity index is 363. The standard InChI is InChI=1S/C10H13NO2S/c1-8-5-3-4-6-9(8)14(13)7-10(12)11-2/h3-6H,7H2,1-2H3,(H,11,12). The molecule has 1 N–H and O–H groups in total. The van der Waals surface area contributed by atoms with Crippen LogP contribution in [0.25, 0.3) is 0 Å². The number of nitrogens with one attached hydrogen (secondary N) is 1. The van der Waals surface area contributed by atoms with Crippen LogP contribution < -0.4 is 5.32 Å². The van der Waals surface area contributed by atoms with E-state index in [9.17, 15) is 9.00 Å². The van der Waals surface area contributed by atoms with Crippen molar-refractivity contribution in [2.45, 2.75) is 11.8 Å². The average molecular weight is 211 g/mol. The Hall–Kier alpha value is -1.16. The van der Waals surface area contributed by atoms with Crippen molar-refractivity contribution in [3.63, 3.8) is 0 Å².